The van der Waals surface area contributed by atoms with Crippen molar-refractivity contribution in [1.82, 2.24) is 4.72 Å². The van der Waals surface area contributed by atoms with Crippen molar-refractivity contribution in [3.8, 4) is 5.92 Å². The zero-order valence-corrected chi connectivity index (χ0v) is 13.2. The lowest BCUT2D eigenvalue weighted by molar-refractivity contribution is -0.138. The molecular weight excluding hydrogens is 333 g/mol. The van der Waals surface area contributed by atoms with Crippen molar-refractivity contribution < 1.29 is 22.7 Å². The molecule has 0 saturated carbocycles. The maximum absolute atomic E-state index is 13.6. The second kappa shape index (κ2) is 7.25. The van der Waals surface area contributed by atoms with Gasteiger partial charge in [-0.15, -0.1) is 0 Å². The lowest BCUT2D eigenvalue weighted by Crippen LogP contribution is -2.42. The number of hydrogen-bond acceptors (Lipinski definition) is 3. The SMILES string of the molecule is [C]#Cc1ccc(S(=O)(=O)N[C@@H](Cc2ccccc2)C(=O)O)cc1F. The van der Waals surface area contributed by atoms with E-state index < -0.39 is 32.7 Å². The van der Waals surface area contributed by atoms with Crippen molar-refractivity contribution in [2.45, 2.75) is 17.4 Å². The fourth-order valence-electron chi connectivity index (χ4n) is 2.05. The molecule has 0 amide bonds. The van der Waals surface area contributed by atoms with Crippen LogP contribution in [0.1, 0.15) is 11.1 Å². The molecule has 0 spiro atoms. The molecule has 123 valence electrons. The van der Waals surface area contributed by atoms with E-state index in [1.165, 1.54) is 0 Å². The van der Waals surface area contributed by atoms with Crippen molar-refractivity contribution in [3.05, 3.63) is 71.9 Å². The van der Waals surface area contributed by atoms with Gasteiger partial charge in [0.05, 0.1) is 10.5 Å². The molecule has 24 heavy (non-hydrogen) atoms. The quantitative estimate of drug-likeness (QED) is 0.781. The number of carboxylic acid groups (broad SMARTS) is 1. The second-order valence-corrected chi connectivity index (χ2v) is 6.68. The van der Waals surface area contributed by atoms with E-state index in [1.807, 2.05) is 5.92 Å². The van der Waals surface area contributed by atoms with Gasteiger partial charge in [-0.2, -0.15) is 4.72 Å². The first-order valence-electron chi connectivity index (χ1n) is 6.85. The Labute approximate surface area is 139 Å². The number of carboxylic acids is 1. The third-order valence-corrected chi connectivity index (χ3v) is 4.73. The molecule has 1 atom stereocenters. The summed E-state index contributed by atoms with van der Waals surface area (Å²) in [5, 5.41) is 9.25. The molecule has 2 rings (SSSR count). The van der Waals surface area contributed by atoms with E-state index in [0.29, 0.717) is 5.56 Å². The zero-order valence-electron chi connectivity index (χ0n) is 12.4. The molecule has 0 aliphatic carbocycles. The van der Waals surface area contributed by atoms with Gasteiger partial charge in [0.1, 0.15) is 11.9 Å². The summed E-state index contributed by atoms with van der Waals surface area (Å²) in [6.45, 7) is 0. The van der Waals surface area contributed by atoms with Crippen LogP contribution >= 0.6 is 0 Å². The first kappa shape index (κ1) is 17.7. The lowest BCUT2D eigenvalue weighted by Gasteiger charge is -2.15. The summed E-state index contributed by atoms with van der Waals surface area (Å²) in [7, 11) is -4.23. The standard InChI is InChI=1S/C17H13FNO4S/c1-2-13-8-9-14(11-15(13)18)24(22,23)19-16(17(20)21)10-12-6-4-3-5-7-12/h3-9,11,16,19H,10H2,(H,20,21)/t16-/m0/s1. The summed E-state index contributed by atoms with van der Waals surface area (Å²) in [4.78, 5) is 10.9. The zero-order chi connectivity index (χ0) is 17.7. The molecule has 0 aliphatic rings. The summed E-state index contributed by atoms with van der Waals surface area (Å²) in [5.74, 6) is -0.437. The number of halogens is 1. The highest BCUT2D eigenvalue weighted by atomic mass is 32.2. The number of nitrogens with one attached hydrogen (secondary N) is 1. The van der Waals surface area contributed by atoms with Crippen molar-refractivity contribution >= 4 is 16.0 Å². The number of rotatable bonds is 6. The molecule has 0 bridgehead atoms. The van der Waals surface area contributed by atoms with Gasteiger partial charge in [-0.05, 0) is 42.5 Å². The fraction of sp³-hybridized carbons (Fsp3) is 0.118. The van der Waals surface area contributed by atoms with Crippen molar-refractivity contribution in [1.29, 1.82) is 0 Å². The van der Waals surface area contributed by atoms with E-state index in [0.717, 1.165) is 18.2 Å². The predicted molar refractivity (Wildman–Crippen MR) is 84.5 cm³/mol. The number of benzene rings is 2. The van der Waals surface area contributed by atoms with Gasteiger partial charge in [0, 0.05) is 0 Å². The van der Waals surface area contributed by atoms with Gasteiger partial charge in [-0.25, -0.2) is 12.8 Å². The van der Waals surface area contributed by atoms with E-state index in [9.17, 15) is 22.7 Å². The highest BCUT2D eigenvalue weighted by molar-refractivity contribution is 7.89. The van der Waals surface area contributed by atoms with Crippen molar-refractivity contribution in [2.24, 2.45) is 0 Å². The van der Waals surface area contributed by atoms with Crippen LogP contribution in [0.2, 0.25) is 0 Å². The molecule has 7 heteroatoms. The van der Waals surface area contributed by atoms with E-state index in [-0.39, 0.29) is 12.0 Å². The minimum absolute atomic E-state index is 0.0513. The largest absolute Gasteiger partial charge is 0.480 e. The molecule has 2 aromatic rings. The molecule has 0 aliphatic heterocycles. The molecule has 0 aromatic heterocycles. The monoisotopic (exact) mass is 346 g/mol. The minimum Gasteiger partial charge on any atom is -0.480 e. The van der Waals surface area contributed by atoms with Crippen LogP contribution in [0.15, 0.2) is 53.4 Å². The number of aliphatic carboxylic acids is 1. The molecule has 0 fully saturated rings. The van der Waals surface area contributed by atoms with Gasteiger partial charge in [0.25, 0.3) is 0 Å². The van der Waals surface area contributed by atoms with E-state index in [1.54, 1.807) is 30.3 Å². The maximum atomic E-state index is 13.6. The Morgan fingerprint density at radius 3 is 2.46 bits per heavy atom. The van der Waals surface area contributed by atoms with Gasteiger partial charge >= 0.3 is 5.97 Å². The summed E-state index contributed by atoms with van der Waals surface area (Å²) in [6.07, 6.45) is 6.82. The first-order chi connectivity index (χ1) is 11.3. The summed E-state index contributed by atoms with van der Waals surface area (Å²) in [6, 6.07) is 10.0. The average molecular weight is 346 g/mol. The fourth-order valence-corrected chi connectivity index (χ4v) is 3.25. The van der Waals surface area contributed by atoms with Crippen molar-refractivity contribution in [3.63, 3.8) is 0 Å². The highest BCUT2D eigenvalue weighted by Gasteiger charge is 2.26. The van der Waals surface area contributed by atoms with E-state index in [4.69, 9.17) is 6.42 Å². The molecular formula is C17H13FNO4S. The van der Waals surface area contributed by atoms with Gasteiger partial charge in [-0.3, -0.25) is 4.79 Å². The summed E-state index contributed by atoms with van der Waals surface area (Å²) < 4.78 is 40.3. The Morgan fingerprint density at radius 2 is 1.92 bits per heavy atom. The van der Waals surface area contributed by atoms with Crippen LogP contribution in [0.3, 0.4) is 0 Å². The third-order valence-electron chi connectivity index (χ3n) is 3.26. The van der Waals surface area contributed by atoms with Crippen LogP contribution in [-0.2, 0) is 21.2 Å². The molecule has 2 N–H and O–H groups in total. The Morgan fingerprint density at radius 1 is 1.25 bits per heavy atom. The molecule has 0 saturated heterocycles. The van der Waals surface area contributed by atoms with Gasteiger partial charge < -0.3 is 5.11 Å². The van der Waals surface area contributed by atoms with Crippen LogP contribution < -0.4 is 4.72 Å². The van der Waals surface area contributed by atoms with Crippen LogP contribution in [0.5, 0.6) is 0 Å². The third kappa shape index (κ3) is 4.19. The molecule has 0 heterocycles. The molecule has 5 nitrogen and oxygen atoms in total. The van der Waals surface area contributed by atoms with E-state index >= 15 is 0 Å². The first-order valence-corrected chi connectivity index (χ1v) is 8.33. The van der Waals surface area contributed by atoms with Crippen molar-refractivity contribution in [2.75, 3.05) is 0 Å². The predicted octanol–water partition coefficient (Wildman–Crippen LogP) is 1.74. The van der Waals surface area contributed by atoms with Gasteiger partial charge in [0.2, 0.25) is 10.0 Å². The van der Waals surface area contributed by atoms with Crippen LogP contribution in [0.4, 0.5) is 4.39 Å². The van der Waals surface area contributed by atoms with Gasteiger partial charge in [-0.1, -0.05) is 30.3 Å². The number of sulfonamides is 1. The molecule has 0 unspecified atom stereocenters. The smallest absolute Gasteiger partial charge is 0.322 e. The Hall–Kier alpha value is -2.69. The van der Waals surface area contributed by atoms with E-state index in [2.05, 4.69) is 4.72 Å². The Kier molecular flexibility index (Phi) is 5.34. The summed E-state index contributed by atoms with van der Waals surface area (Å²) in [5.41, 5.74) is 0.459. The van der Waals surface area contributed by atoms with Crippen LogP contribution in [-0.4, -0.2) is 25.5 Å². The number of carbonyl (C=O) groups is 1. The molecule has 1 radical (unpaired) electrons. The normalized spacial score (nSPS) is 12.3. The van der Waals surface area contributed by atoms with Gasteiger partial charge in [0.15, 0.2) is 0 Å². The topological polar surface area (TPSA) is 83.5 Å². The lowest BCUT2D eigenvalue weighted by atomic mass is 10.1. The summed E-state index contributed by atoms with van der Waals surface area (Å²) >= 11 is 0. The minimum atomic E-state index is -4.23. The van der Waals surface area contributed by atoms with Crippen LogP contribution in [0, 0.1) is 18.2 Å². The average Bonchev–Trinajstić information content (AvgIpc) is 2.55. The second-order valence-electron chi connectivity index (χ2n) is 4.97. The Bertz CT molecular complexity index is 889. The van der Waals surface area contributed by atoms with Crippen LogP contribution in [0.25, 0.3) is 0 Å². The maximum Gasteiger partial charge on any atom is 0.322 e. The Balaban J connectivity index is 2.26. The molecule has 2 aromatic carbocycles. The highest BCUT2D eigenvalue weighted by Crippen LogP contribution is 2.15. The number of hydrogen-bond donors (Lipinski definition) is 2.